The minimum absolute atomic E-state index is 0.781. The average Bonchev–Trinajstić information content (AvgIpc) is 2.33. The van der Waals surface area contributed by atoms with Gasteiger partial charge in [-0.05, 0) is 36.1 Å². The van der Waals surface area contributed by atoms with E-state index in [0.717, 1.165) is 23.1 Å². The Kier molecular flexibility index (Phi) is 3.03. The molecule has 1 heteroatoms. The second-order valence-electron chi connectivity index (χ2n) is 3.93. The predicted octanol–water partition coefficient (Wildman–Crippen LogP) is 3.46. The molecule has 0 amide bonds. The maximum atomic E-state index is 9.07. The van der Waals surface area contributed by atoms with Crippen molar-refractivity contribution >= 4 is 0 Å². The highest BCUT2D eigenvalue weighted by Crippen LogP contribution is 2.15. The molecular weight excluding hydrogens is 194 g/mol. The third-order valence-electron chi connectivity index (χ3n) is 2.62. The number of benzene rings is 2. The third-order valence-corrected chi connectivity index (χ3v) is 2.62. The molecule has 0 atom stereocenters. The van der Waals surface area contributed by atoms with Gasteiger partial charge in [-0.15, -0.1) is 0 Å². The quantitative estimate of drug-likeness (QED) is 0.739. The average molecular weight is 207 g/mol. The fraction of sp³-hybridized carbons (Fsp3) is 0.133. The van der Waals surface area contributed by atoms with Crippen molar-refractivity contribution in [2.75, 3.05) is 0 Å². The molecule has 0 unspecified atom stereocenters. The van der Waals surface area contributed by atoms with Gasteiger partial charge in [0, 0.05) is 0 Å². The monoisotopic (exact) mass is 207 g/mol. The summed E-state index contributed by atoms with van der Waals surface area (Å²) < 4.78 is 0. The zero-order chi connectivity index (χ0) is 11.4. The van der Waals surface area contributed by atoms with Crippen LogP contribution in [0.2, 0.25) is 0 Å². The van der Waals surface area contributed by atoms with Crippen LogP contribution in [-0.2, 0) is 6.42 Å². The number of nitrogens with zero attached hydrogens (tertiary/aromatic N) is 1. The zero-order valence-electron chi connectivity index (χ0n) is 9.27. The van der Waals surface area contributed by atoms with Crippen LogP contribution < -0.4 is 0 Å². The van der Waals surface area contributed by atoms with Gasteiger partial charge in [0.05, 0.1) is 11.6 Å². The molecule has 2 rings (SSSR count). The fourth-order valence-corrected chi connectivity index (χ4v) is 1.76. The SMILES string of the molecule is Cc1ccc(Cc2ccccc2)c(C#N)c1. The standard InChI is InChI=1S/C15H13N/c1-12-7-8-14(15(9-12)11-16)10-13-5-3-2-4-6-13/h2-9H,10H2,1H3. The van der Waals surface area contributed by atoms with Crippen LogP contribution >= 0.6 is 0 Å². The van der Waals surface area contributed by atoms with Crippen LogP contribution in [0.3, 0.4) is 0 Å². The van der Waals surface area contributed by atoms with Crippen LogP contribution in [0, 0.1) is 18.3 Å². The molecule has 1 nitrogen and oxygen atoms in total. The Morgan fingerprint density at radius 2 is 1.81 bits per heavy atom. The molecule has 2 aromatic carbocycles. The Morgan fingerprint density at radius 3 is 2.50 bits per heavy atom. The maximum Gasteiger partial charge on any atom is 0.0994 e. The van der Waals surface area contributed by atoms with Crippen molar-refractivity contribution in [3.8, 4) is 6.07 Å². The number of aryl methyl sites for hydroxylation is 1. The van der Waals surface area contributed by atoms with Gasteiger partial charge < -0.3 is 0 Å². The van der Waals surface area contributed by atoms with Crippen LogP contribution in [0.5, 0.6) is 0 Å². The van der Waals surface area contributed by atoms with Crippen molar-refractivity contribution in [2.45, 2.75) is 13.3 Å². The summed E-state index contributed by atoms with van der Waals surface area (Å²) in [7, 11) is 0. The Hall–Kier alpha value is -2.07. The third kappa shape index (κ3) is 2.29. The van der Waals surface area contributed by atoms with Crippen LogP contribution in [0.15, 0.2) is 48.5 Å². The number of hydrogen-bond acceptors (Lipinski definition) is 1. The molecular formula is C15H13N. The molecule has 0 spiro atoms. The first-order chi connectivity index (χ1) is 7.79. The molecule has 78 valence electrons. The van der Waals surface area contributed by atoms with Crippen LogP contribution in [0.1, 0.15) is 22.3 Å². The molecule has 0 aliphatic heterocycles. The van der Waals surface area contributed by atoms with Gasteiger partial charge in [0.1, 0.15) is 0 Å². The lowest BCUT2D eigenvalue weighted by Crippen LogP contribution is -1.92. The highest BCUT2D eigenvalue weighted by Gasteiger charge is 2.02. The van der Waals surface area contributed by atoms with Gasteiger partial charge in [-0.25, -0.2) is 0 Å². The van der Waals surface area contributed by atoms with Crippen molar-refractivity contribution in [3.05, 3.63) is 70.8 Å². The maximum absolute atomic E-state index is 9.07. The van der Waals surface area contributed by atoms with Gasteiger partial charge in [0.25, 0.3) is 0 Å². The number of nitriles is 1. The first-order valence-electron chi connectivity index (χ1n) is 5.33. The summed E-state index contributed by atoms with van der Waals surface area (Å²) in [5, 5.41) is 9.07. The predicted molar refractivity (Wildman–Crippen MR) is 65.1 cm³/mol. The van der Waals surface area contributed by atoms with Crippen molar-refractivity contribution in [1.29, 1.82) is 5.26 Å². The highest BCUT2D eigenvalue weighted by atomic mass is 14.2. The van der Waals surface area contributed by atoms with Gasteiger partial charge in [0.15, 0.2) is 0 Å². The van der Waals surface area contributed by atoms with Crippen LogP contribution in [0.4, 0.5) is 0 Å². The highest BCUT2D eigenvalue weighted by molar-refractivity contribution is 5.42. The summed E-state index contributed by atoms with van der Waals surface area (Å²) >= 11 is 0. The van der Waals surface area contributed by atoms with Gasteiger partial charge in [-0.3, -0.25) is 0 Å². The summed E-state index contributed by atoms with van der Waals surface area (Å²) in [6.45, 7) is 2.01. The second kappa shape index (κ2) is 4.63. The Bertz CT molecular complexity index is 521. The molecule has 16 heavy (non-hydrogen) atoms. The lowest BCUT2D eigenvalue weighted by molar-refractivity contribution is 1.17. The molecule has 0 aliphatic rings. The Labute approximate surface area is 96.0 Å². The van der Waals surface area contributed by atoms with Gasteiger partial charge >= 0.3 is 0 Å². The van der Waals surface area contributed by atoms with E-state index in [2.05, 4.69) is 24.3 Å². The van der Waals surface area contributed by atoms with Crippen molar-refractivity contribution in [1.82, 2.24) is 0 Å². The molecule has 0 N–H and O–H groups in total. The van der Waals surface area contributed by atoms with E-state index in [1.807, 2.05) is 37.3 Å². The minimum Gasteiger partial charge on any atom is -0.192 e. The Balaban J connectivity index is 2.32. The lowest BCUT2D eigenvalue weighted by Gasteiger charge is -2.05. The van der Waals surface area contributed by atoms with E-state index in [-0.39, 0.29) is 0 Å². The lowest BCUT2D eigenvalue weighted by atomic mass is 9.99. The van der Waals surface area contributed by atoms with E-state index in [1.54, 1.807) is 0 Å². The number of rotatable bonds is 2. The van der Waals surface area contributed by atoms with Crippen LogP contribution in [-0.4, -0.2) is 0 Å². The topological polar surface area (TPSA) is 23.8 Å². The molecule has 2 aromatic rings. The Morgan fingerprint density at radius 1 is 1.06 bits per heavy atom. The molecule has 0 heterocycles. The second-order valence-corrected chi connectivity index (χ2v) is 3.93. The summed E-state index contributed by atoms with van der Waals surface area (Å²) in [6, 6.07) is 18.5. The summed E-state index contributed by atoms with van der Waals surface area (Å²) in [4.78, 5) is 0. The van der Waals surface area contributed by atoms with Gasteiger partial charge in [-0.2, -0.15) is 5.26 Å². The molecule has 0 saturated carbocycles. The van der Waals surface area contributed by atoms with E-state index >= 15 is 0 Å². The fourth-order valence-electron chi connectivity index (χ4n) is 1.76. The first-order valence-corrected chi connectivity index (χ1v) is 5.33. The van der Waals surface area contributed by atoms with Gasteiger partial charge in [-0.1, -0.05) is 42.5 Å². The summed E-state index contributed by atoms with van der Waals surface area (Å²) in [5.41, 5.74) is 4.25. The van der Waals surface area contributed by atoms with E-state index in [0.29, 0.717) is 0 Å². The van der Waals surface area contributed by atoms with Crippen molar-refractivity contribution < 1.29 is 0 Å². The first kappa shape index (κ1) is 10.4. The molecule has 0 bridgehead atoms. The largest absolute Gasteiger partial charge is 0.192 e. The molecule has 0 saturated heterocycles. The minimum atomic E-state index is 0.781. The van der Waals surface area contributed by atoms with E-state index in [1.165, 1.54) is 5.56 Å². The van der Waals surface area contributed by atoms with E-state index in [4.69, 9.17) is 5.26 Å². The summed E-state index contributed by atoms with van der Waals surface area (Å²) in [6.07, 6.45) is 0.823. The van der Waals surface area contributed by atoms with Crippen molar-refractivity contribution in [3.63, 3.8) is 0 Å². The zero-order valence-corrected chi connectivity index (χ0v) is 9.27. The van der Waals surface area contributed by atoms with Crippen LogP contribution in [0.25, 0.3) is 0 Å². The van der Waals surface area contributed by atoms with Gasteiger partial charge in [0.2, 0.25) is 0 Å². The number of hydrogen-bond donors (Lipinski definition) is 0. The smallest absolute Gasteiger partial charge is 0.0994 e. The van der Waals surface area contributed by atoms with Crippen molar-refractivity contribution in [2.24, 2.45) is 0 Å². The molecule has 0 aromatic heterocycles. The summed E-state index contributed by atoms with van der Waals surface area (Å²) in [5.74, 6) is 0. The normalized spacial score (nSPS) is 9.75. The van der Waals surface area contributed by atoms with E-state index < -0.39 is 0 Å². The molecule has 0 radical (unpaired) electrons. The molecule has 0 fully saturated rings. The molecule has 0 aliphatic carbocycles. The van der Waals surface area contributed by atoms with E-state index in [9.17, 15) is 0 Å².